The molecular weight excluding hydrogens is 366 g/mol. The summed E-state index contributed by atoms with van der Waals surface area (Å²) in [5.74, 6) is -0.921. The zero-order valence-corrected chi connectivity index (χ0v) is 15.5. The lowest BCUT2D eigenvalue weighted by Crippen LogP contribution is -2.27. The number of nitrogens with one attached hydrogen (secondary N) is 2. The molecule has 2 aromatic carbocycles. The zero-order chi connectivity index (χ0) is 20.1. The molecule has 1 aromatic heterocycles. The van der Waals surface area contributed by atoms with Gasteiger partial charge in [-0.1, -0.05) is 0 Å². The number of methoxy groups -OCH3 is 1. The van der Waals surface area contributed by atoms with E-state index in [0.29, 0.717) is 17.0 Å². The van der Waals surface area contributed by atoms with Gasteiger partial charge < -0.3 is 15.4 Å². The fourth-order valence-corrected chi connectivity index (χ4v) is 2.86. The largest absolute Gasteiger partial charge is 0.496 e. The number of amides is 1. The maximum atomic E-state index is 13.2. The Morgan fingerprint density at radius 3 is 2.54 bits per heavy atom. The molecule has 3 rings (SSSR count). The van der Waals surface area contributed by atoms with Crippen molar-refractivity contribution in [2.24, 2.45) is 7.05 Å². The first-order valence-corrected chi connectivity index (χ1v) is 8.58. The molecule has 0 radical (unpaired) electrons. The van der Waals surface area contributed by atoms with Gasteiger partial charge in [0.25, 0.3) is 0 Å². The van der Waals surface area contributed by atoms with Crippen molar-refractivity contribution >= 4 is 11.6 Å². The Morgan fingerprint density at radius 2 is 1.89 bits per heavy atom. The number of ether oxygens (including phenoxy) is 1. The number of aryl methyl sites for hydroxylation is 1. The molecule has 1 amide bonds. The van der Waals surface area contributed by atoms with Crippen molar-refractivity contribution in [2.45, 2.75) is 6.54 Å². The molecular formula is C20H20F2N4O2. The van der Waals surface area contributed by atoms with E-state index in [1.54, 1.807) is 36.2 Å². The van der Waals surface area contributed by atoms with E-state index in [1.807, 2.05) is 13.1 Å². The smallest absolute Gasteiger partial charge is 0.238 e. The predicted molar refractivity (Wildman–Crippen MR) is 102 cm³/mol. The summed E-state index contributed by atoms with van der Waals surface area (Å²) in [6.07, 6.45) is 1.68. The van der Waals surface area contributed by atoms with Crippen LogP contribution in [0.25, 0.3) is 11.3 Å². The van der Waals surface area contributed by atoms with Crippen molar-refractivity contribution in [2.75, 3.05) is 19.0 Å². The van der Waals surface area contributed by atoms with Crippen molar-refractivity contribution in [3.05, 3.63) is 65.9 Å². The molecule has 3 aromatic rings. The van der Waals surface area contributed by atoms with Crippen molar-refractivity contribution < 1.29 is 18.3 Å². The minimum Gasteiger partial charge on any atom is -0.496 e. The zero-order valence-electron chi connectivity index (χ0n) is 15.5. The molecule has 0 atom stereocenters. The molecule has 0 fully saturated rings. The summed E-state index contributed by atoms with van der Waals surface area (Å²) < 4.78 is 33.5. The number of aromatic nitrogens is 2. The van der Waals surface area contributed by atoms with Gasteiger partial charge in [0.1, 0.15) is 17.4 Å². The number of nitrogens with zero attached hydrogens (tertiary/aromatic N) is 2. The third kappa shape index (κ3) is 4.72. The van der Waals surface area contributed by atoms with Crippen LogP contribution in [0.15, 0.2) is 48.7 Å². The van der Waals surface area contributed by atoms with Crippen molar-refractivity contribution in [1.82, 2.24) is 15.1 Å². The average Bonchev–Trinajstić information content (AvgIpc) is 3.06. The standard InChI is InChI=1S/C20H20F2N4O2/c1-26-18(5-6-24-26)17-10-16(3-4-19(17)28-2)25-20(27)12-23-11-13-7-14(21)9-15(22)8-13/h3-10,23H,11-12H2,1-2H3,(H,25,27). The molecule has 8 heteroatoms. The number of benzene rings is 2. The summed E-state index contributed by atoms with van der Waals surface area (Å²) in [5, 5.41) is 9.81. The van der Waals surface area contributed by atoms with Crippen molar-refractivity contribution in [3.8, 4) is 17.0 Å². The maximum absolute atomic E-state index is 13.2. The van der Waals surface area contributed by atoms with Crippen LogP contribution in [0.2, 0.25) is 0 Å². The van der Waals surface area contributed by atoms with Crippen LogP contribution in [0.3, 0.4) is 0 Å². The molecule has 0 spiro atoms. The lowest BCUT2D eigenvalue weighted by Gasteiger charge is -2.12. The van der Waals surface area contributed by atoms with Crippen LogP contribution in [0, 0.1) is 11.6 Å². The van der Waals surface area contributed by atoms with Crippen LogP contribution in [0.4, 0.5) is 14.5 Å². The van der Waals surface area contributed by atoms with Gasteiger partial charge in [0.15, 0.2) is 0 Å². The Morgan fingerprint density at radius 1 is 1.14 bits per heavy atom. The van der Waals surface area contributed by atoms with Gasteiger partial charge in [-0.2, -0.15) is 5.10 Å². The van der Waals surface area contributed by atoms with E-state index in [4.69, 9.17) is 4.74 Å². The van der Waals surface area contributed by atoms with Gasteiger partial charge in [0, 0.05) is 37.1 Å². The van der Waals surface area contributed by atoms with Gasteiger partial charge in [-0.05, 0) is 42.0 Å². The summed E-state index contributed by atoms with van der Waals surface area (Å²) >= 11 is 0. The summed E-state index contributed by atoms with van der Waals surface area (Å²) in [6, 6.07) is 10.4. The number of carbonyl (C=O) groups excluding carboxylic acids is 1. The summed E-state index contributed by atoms with van der Waals surface area (Å²) in [6.45, 7) is 0.163. The predicted octanol–water partition coefficient (Wildman–Crippen LogP) is 3.10. The monoisotopic (exact) mass is 386 g/mol. The van der Waals surface area contributed by atoms with E-state index in [2.05, 4.69) is 15.7 Å². The van der Waals surface area contributed by atoms with E-state index < -0.39 is 11.6 Å². The molecule has 0 bridgehead atoms. The molecule has 1 heterocycles. The van der Waals surface area contributed by atoms with Crippen LogP contribution in [0.1, 0.15) is 5.56 Å². The highest BCUT2D eigenvalue weighted by Crippen LogP contribution is 2.32. The summed E-state index contributed by atoms with van der Waals surface area (Å²) in [4.78, 5) is 12.2. The Bertz CT molecular complexity index is 968. The second-order valence-electron chi connectivity index (χ2n) is 6.18. The molecule has 0 saturated carbocycles. The first-order chi connectivity index (χ1) is 13.5. The highest BCUT2D eigenvalue weighted by molar-refractivity contribution is 5.93. The Hall–Kier alpha value is -3.26. The number of hydrogen-bond donors (Lipinski definition) is 2. The second kappa shape index (κ2) is 8.62. The van der Waals surface area contributed by atoms with E-state index >= 15 is 0 Å². The molecule has 0 unspecified atom stereocenters. The Balaban J connectivity index is 1.63. The van der Waals surface area contributed by atoms with E-state index in [-0.39, 0.29) is 19.0 Å². The normalized spacial score (nSPS) is 10.7. The van der Waals surface area contributed by atoms with Crippen molar-refractivity contribution in [3.63, 3.8) is 0 Å². The number of hydrogen-bond acceptors (Lipinski definition) is 4. The number of carbonyl (C=O) groups is 1. The SMILES string of the molecule is COc1ccc(NC(=O)CNCc2cc(F)cc(F)c2)cc1-c1ccnn1C. The van der Waals surface area contributed by atoms with Crippen molar-refractivity contribution in [1.29, 1.82) is 0 Å². The van der Waals surface area contributed by atoms with Gasteiger partial charge in [0.2, 0.25) is 5.91 Å². The first-order valence-electron chi connectivity index (χ1n) is 8.58. The second-order valence-corrected chi connectivity index (χ2v) is 6.18. The van der Waals surface area contributed by atoms with Gasteiger partial charge in [-0.15, -0.1) is 0 Å². The highest BCUT2D eigenvalue weighted by atomic mass is 19.1. The summed E-state index contributed by atoms with van der Waals surface area (Å²) in [5.41, 5.74) is 2.66. The topological polar surface area (TPSA) is 68.2 Å². The van der Waals surface area contributed by atoms with Gasteiger partial charge in [-0.3, -0.25) is 9.48 Å². The lowest BCUT2D eigenvalue weighted by molar-refractivity contribution is -0.115. The van der Waals surface area contributed by atoms with E-state index in [9.17, 15) is 13.6 Å². The third-order valence-corrected chi connectivity index (χ3v) is 4.12. The van der Waals surface area contributed by atoms with Crippen LogP contribution in [-0.4, -0.2) is 29.3 Å². The quantitative estimate of drug-likeness (QED) is 0.655. The van der Waals surface area contributed by atoms with E-state index in [1.165, 1.54) is 12.1 Å². The average molecular weight is 386 g/mol. The minimum absolute atomic E-state index is 0.00872. The first kappa shape index (κ1) is 19.5. The van der Waals surface area contributed by atoms with Gasteiger partial charge in [-0.25, -0.2) is 8.78 Å². The molecule has 0 aliphatic rings. The van der Waals surface area contributed by atoms with Crippen LogP contribution < -0.4 is 15.4 Å². The fourth-order valence-electron chi connectivity index (χ4n) is 2.86. The highest BCUT2D eigenvalue weighted by Gasteiger charge is 2.12. The molecule has 28 heavy (non-hydrogen) atoms. The maximum Gasteiger partial charge on any atom is 0.238 e. The molecule has 0 saturated heterocycles. The van der Waals surface area contributed by atoms with E-state index in [0.717, 1.165) is 17.3 Å². The fraction of sp³-hybridized carbons (Fsp3) is 0.200. The van der Waals surface area contributed by atoms with Gasteiger partial charge >= 0.3 is 0 Å². The molecule has 2 N–H and O–H groups in total. The van der Waals surface area contributed by atoms with Crippen LogP contribution >= 0.6 is 0 Å². The number of rotatable bonds is 7. The molecule has 0 aliphatic heterocycles. The van der Waals surface area contributed by atoms with Crippen LogP contribution in [-0.2, 0) is 18.4 Å². The Kier molecular flexibility index (Phi) is 6.00. The number of anilines is 1. The van der Waals surface area contributed by atoms with Crippen LogP contribution in [0.5, 0.6) is 5.75 Å². The molecule has 146 valence electrons. The third-order valence-electron chi connectivity index (χ3n) is 4.12. The molecule has 0 aliphatic carbocycles. The summed E-state index contributed by atoms with van der Waals surface area (Å²) in [7, 11) is 3.39. The minimum atomic E-state index is -0.651. The Labute approximate surface area is 161 Å². The molecule has 6 nitrogen and oxygen atoms in total. The van der Waals surface area contributed by atoms with Gasteiger partial charge in [0.05, 0.1) is 19.3 Å². The lowest BCUT2D eigenvalue weighted by atomic mass is 10.1. The number of halogens is 2.